The Balaban J connectivity index is 0.00000147. The Labute approximate surface area is 139 Å². The standard InChI is InChI=1S/C15H27N3O.HI/c1-9-8-11(9)17-14(16-4)18-12-10-6-5-7-19-13(10)15(12,2)3;/h9-13H,5-8H2,1-4H3,(H2,16,17,18);1H. The Morgan fingerprint density at radius 3 is 2.60 bits per heavy atom. The summed E-state index contributed by atoms with van der Waals surface area (Å²) in [4.78, 5) is 4.38. The summed E-state index contributed by atoms with van der Waals surface area (Å²) in [6, 6.07) is 1.10. The van der Waals surface area contributed by atoms with Gasteiger partial charge < -0.3 is 15.4 Å². The number of halogens is 1. The fourth-order valence-corrected chi connectivity index (χ4v) is 3.83. The van der Waals surface area contributed by atoms with Crippen LogP contribution >= 0.6 is 24.0 Å². The molecule has 0 aromatic rings. The molecule has 5 unspecified atom stereocenters. The fraction of sp³-hybridized carbons (Fsp3) is 0.933. The number of aliphatic imine (C=N–C) groups is 1. The van der Waals surface area contributed by atoms with Gasteiger partial charge in [-0.3, -0.25) is 4.99 Å². The number of hydrogen-bond acceptors (Lipinski definition) is 2. The zero-order chi connectivity index (χ0) is 13.6. The molecule has 1 saturated heterocycles. The van der Waals surface area contributed by atoms with Crippen LogP contribution in [0.5, 0.6) is 0 Å². The van der Waals surface area contributed by atoms with Crippen molar-refractivity contribution in [1.29, 1.82) is 0 Å². The Kier molecular flexibility index (Phi) is 4.89. The van der Waals surface area contributed by atoms with Crippen molar-refractivity contribution in [2.24, 2.45) is 22.2 Å². The lowest BCUT2D eigenvalue weighted by atomic mass is 9.55. The Morgan fingerprint density at radius 2 is 2.00 bits per heavy atom. The molecular formula is C15H28IN3O. The molecule has 0 aromatic carbocycles. The number of rotatable bonds is 2. The molecule has 4 nitrogen and oxygen atoms in total. The zero-order valence-electron chi connectivity index (χ0n) is 13.0. The van der Waals surface area contributed by atoms with Gasteiger partial charge in [-0.1, -0.05) is 20.8 Å². The first-order valence-electron chi connectivity index (χ1n) is 7.65. The van der Waals surface area contributed by atoms with Crippen molar-refractivity contribution in [3.05, 3.63) is 0 Å². The van der Waals surface area contributed by atoms with Crippen molar-refractivity contribution >= 4 is 29.9 Å². The number of fused-ring (bicyclic) bond motifs is 1. The molecule has 0 spiro atoms. The number of nitrogens with one attached hydrogen (secondary N) is 2. The molecular weight excluding hydrogens is 365 g/mol. The summed E-state index contributed by atoms with van der Waals surface area (Å²) < 4.78 is 5.95. The first kappa shape index (κ1) is 16.3. The van der Waals surface area contributed by atoms with Crippen LogP contribution in [0.25, 0.3) is 0 Å². The van der Waals surface area contributed by atoms with Crippen LogP contribution in [0.15, 0.2) is 4.99 Å². The number of hydrogen-bond donors (Lipinski definition) is 2. The summed E-state index contributed by atoms with van der Waals surface area (Å²) in [5, 5.41) is 7.16. The van der Waals surface area contributed by atoms with Crippen LogP contribution in [0.3, 0.4) is 0 Å². The molecule has 3 rings (SSSR count). The van der Waals surface area contributed by atoms with Crippen LogP contribution in [0.1, 0.15) is 40.0 Å². The molecule has 1 heterocycles. The third-order valence-electron chi connectivity index (χ3n) is 5.28. The maximum absolute atomic E-state index is 5.95. The summed E-state index contributed by atoms with van der Waals surface area (Å²) in [5.41, 5.74) is 0.206. The van der Waals surface area contributed by atoms with E-state index < -0.39 is 0 Å². The van der Waals surface area contributed by atoms with Gasteiger partial charge in [0.05, 0.1) is 6.10 Å². The van der Waals surface area contributed by atoms with Gasteiger partial charge in [-0.15, -0.1) is 24.0 Å². The second-order valence-corrected chi connectivity index (χ2v) is 7.08. The Morgan fingerprint density at radius 1 is 1.30 bits per heavy atom. The van der Waals surface area contributed by atoms with E-state index >= 15 is 0 Å². The molecule has 5 heteroatoms. The quantitative estimate of drug-likeness (QED) is 0.430. The van der Waals surface area contributed by atoms with Crippen LogP contribution in [0, 0.1) is 17.3 Å². The predicted molar refractivity (Wildman–Crippen MR) is 92.6 cm³/mol. The smallest absolute Gasteiger partial charge is 0.191 e. The van der Waals surface area contributed by atoms with E-state index in [2.05, 4.69) is 36.4 Å². The lowest BCUT2D eigenvalue weighted by Crippen LogP contribution is -2.71. The number of ether oxygens (including phenoxy) is 1. The highest BCUT2D eigenvalue weighted by atomic mass is 127. The van der Waals surface area contributed by atoms with Crippen LogP contribution < -0.4 is 10.6 Å². The molecule has 1 aliphatic heterocycles. The second kappa shape index (κ2) is 5.99. The molecule has 0 bridgehead atoms. The minimum absolute atomic E-state index is 0. The van der Waals surface area contributed by atoms with Crippen LogP contribution in [-0.2, 0) is 4.74 Å². The highest BCUT2D eigenvalue weighted by molar-refractivity contribution is 14.0. The van der Waals surface area contributed by atoms with Crippen LogP contribution in [-0.4, -0.2) is 37.8 Å². The second-order valence-electron chi connectivity index (χ2n) is 7.08. The van der Waals surface area contributed by atoms with Crippen molar-refractivity contribution in [2.45, 2.75) is 58.2 Å². The van der Waals surface area contributed by atoms with E-state index in [1.54, 1.807) is 0 Å². The first-order valence-corrected chi connectivity index (χ1v) is 7.65. The molecule has 2 aliphatic carbocycles. The lowest BCUT2D eigenvalue weighted by Gasteiger charge is -2.60. The summed E-state index contributed by atoms with van der Waals surface area (Å²) >= 11 is 0. The van der Waals surface area contributed by atoms with E-state index in [1.165, 1.54) is 19.3 Å². The van der Waals surface area contributed by atoms with Gasteiger partial charge in [0, 0.05) is 37.1 Å². The van der Waals surface area contributed by atoms with Crippen LogP contribution in [0.4, 0.5) is 0 Å². The average molecular weight is 393 g/mol. The number of nitrogens with zero attached hydrogens (tertiary/aromatic N) is 1. The number of guanidine groups is 1. The summed E-state index contributed by atoms with van der Waals surface area (Å²) in [5.74, 6) is 2.41. The Hall–Kier alpha value is -0.0400. The molecule has 0 radical (unpaired) electrons. The average Bonchev–Trinajstić information content (AvgIpc) is 3.09. The van der Waals surface area contributed by atoms with Crippen molar-refractivity contribution in [3.8, 4) is 0 Å². The fourth-order valence-electron chi connectivity index (χ4n) is 3.83. The van der Waals surface area contributed by atoms with Gasteiger partial charge in [-0.25, -0.2) is 0 Å². The Bertz CT molecular complexity index is 385. The van der Waals surface area contributed by atoms with E-state index in [4.69, 9.17) is 4.74 Å². The van der Waals surface area contributed by atoms with Crippen molar-refractivity contribution in [2.75, 3.05) is 13.7 Å². The zero-order valence-corrected chi connectivity index (χ0v) is 15.3. The summed E-state index contributed by atoms with van der Waals surface area (Å²) in [6.45, 7) is 7.83. The maximum atomic E-state index is 5.95. The van der Waals surface area contributed by atoms with Gasteiger partial charge in [0.1, 0.15) is 0 Å². The third-order valence-corrected chi connectivity index (χ3v) is 5.28. The van der Waals surface area contributed by atoms with Crippen molar-refractivity contribution in [1.82, 2.24) is 10.6 Å². The molecule has 3 aliphatic rings. The van der Waals surface area contributed by atoms with Gasteiger partial charge in [0.15, 0.2) is 5.96 Å². The highest BCUT2D eigenvalue weighted by Crippen LogP contribution is 2.51. The van der Waals surface area contributed by atoms with Gasteiger partial charge in [0.2, 0.25) is 0 Å². The van der Waals surface area contributed by atoms with E-state index in [9.17, 15) is 0 Å². The highest BCUT2D eigenvalue weighted by Gasteiger charge is 2.58. The molecule has 3 fully saturated rings. The predicted octanol–water partition coefficient (Wildman–Crippen LogP) is 2.38. The first-order chi connectivity index (χ1) is 9.04. The van der Waals surface area contributed by atoms with E-state index in [1.807, 2.05) is 7.05 Å². The third kappa shape index (κ3) is 2.80. The van der Waals surface area contributed by atoms with Gasteiger partial charge >= 0.3 is 0 Å². The van der Waals surface area contributed by atoms with E-state index in [-0.39, 0.29) is 29.4 Å². The molecule has 0 amide bonds. The van der Waals surface area contributed by atoms with Gasteiger partial charge in [-0.2, -0.15) is 0 Å². The van der Waals surface area contributed by atoms with E-state index in [0.717, 1.165) is 18.5 Å². The largest absolute Gasteiger partial charge is 0.377 e. The molecule has 2 saturated carbocycles. The minimum Gasteiger partial charge on any atom is -0.377 e. The molecule has 116 valence electrons. The van der Waals surface area contributed by atoms with Gasteiger partial charge in [0.25, 0.3) is 0 Å². The minimum atomic E-state index is 0. The molecule has 5 atom stereocenters. The molecule has 2 N–H and O–H groups in total. The normalized spacial score (nSPS) is 41.8. The topological polar surface area (TPSA) is 45.7 Å². The summed E-state index contributed by atoms with van der Waals surface area (Å²) in [6.07, 6.45) is 4.17. The maximum Gasteiger partial charge on any atom is 0.191 e. The summed E-state index contributed by atoms with van der Waals surface area (Å²) in [7, 11) is 1.86. The monoisotopic (exact) mass is 393 g/mol. The van der Waals surface area contributed by atoms with Crippen molar-refractivity contribution < 1.29 is 4.74 Å². The van der Waals surface area contributed by atoms with Gasteiger partial charge in [-0.05, 0) is 25.2 Å². The molecule has 0 aromatic heterocycles. The lowest BCUT2D eigenvalue weighted by molar-refractivity contribution is -0.188. The van der Waals surface area contributed by atoms with Crippen LogP contribution in [0.2, 0.25) is 0 Å². The van der Waals surface area contributed by atoms with E-state index in [0.29, 0.717) is 24.1 Å². The SMILES string of the molecule is CN=C(NC1CC1C)NC1C2CCCOC2C1(C)C.I. The van der Waals surface area contributed by atoms with Crippen molar-refractivity contribution in [3.63, 3.8) is 0 Å². The molecule has 20 heavy (non-hydrogen) atoms.